The lowest BCUT2D eigenvalue weighted by Gasteiger charge is -2.26. The molecule has 0 aliphatic carbocycles. The Balaban J connectivity index is 1.89. The minimum Gasteiger partial charge on any atom is -0.289 e. The SMILES string of the molecule is CC(C)c1ccc(N2CCn3nccc3C2=O)nc1. The van der Waals surface area contributed by atoms with Crippen LogP contribution < -0.4 is 4.90 Å². The van der Waals surface area contributed by atoms with E-state index in [2.05, 4.69) is 23.9 Å². The molecule has 3 rings (SSSR count). The van der Waals surface area contributed by atoms with Crippen LogP contribution in [0, 0.1) is 0 Å². The first kappa shape index (κ1) is 11.9. The van der Waals surface area contributed by atoms with Crippen molar-refractivity contribution in [2.45, 2.75) is 26.3 Å². The molecule has 1 amide bonds. The van der Waals surface area contributed by atoms with Crippen molar-refractivity contribution in [1.29, 1.82) is 0 Å². The average Bonchev–Trinajstić information content (AvgIpc) is 2.88. The predicted octanol–water partition coefficient (Wildman–Crippen LogP) is 2.06. The zero-order valence-corrected chi connectivity index (χ0v) is 11.1. The van der Waals surface area contributed by atoms with E-state index in [-0.39, 0.29) is 5.91 Å². The van der Waals surface area contributed by atoms with Crippen molar-refractivity contribution in [2.24, 2.45) is 0 Å². The molecular formula is C14H16N4O. The molecule has 1 aliphatic heterocycles. The molecule has 0 atom stereocenters. The summed E-state index contributed by atoms with van der Waals surface area (Å²) in [6.07, 6.45) is 3.51. The van der Waals surface area contributed by atoms with E-state index >= 15 is 0 Å². The molecule has 0 spiro atoms. The molecule has 2 aromatic rings. The molecule has 19 heavy (non-hydrogen) atoms. The number of aromatic nitrogens is 3. The van der Waals surface area contributed by atoms with E-state index in [9.17, 15) is 4.79 Å². The summed E-state index contributed by atoms with van der Waals surface area (Å²) in [6, 6.07) is 5.70. The minimum atomic E-state index is -0.0338. The summed E-state index contributed by atoms with van der Waals surface area (Å²) in [7, 11) is 0. The third-order valence-corrected chi connectivity index (χ3v) is 3.43. The Morgan fingerprint density at radius 3 is 2.74 bits per heavy atom. The van der Waals surface area contributed by atoms with Gasteiger partial charge in [0.15, 0.2) is 0 Å². The van der Waals surface area contributed by atoms with Crippen LogP contribution in [-0.4, -0.2) is 27.2 Å². The molecule has 2 aromatic heterocycles. The molecule has 0 bridgehead atoms. The summed E-state index contributed by atoms with van der Waals surface area (Å²) in [4.78, 5) is 18.4. The first-order chi connectivity index (χ1) is 9.16. The summed E-state index contributed by atoms with van der Waals surface area (Å²) in [5, 5.41) is 4.12. The number of hydrogen-bond donors (Lipinski definition) is 0. The summed E-state index contributed by atoms with van der Waals surface area (Å²) in [6.45, 7) is 5.58. The highest BCUT2D eigenvalue weighted by Gasteiger charge is 2.26. The molecule has 0 aromatic carbocycles. The highest BCUT2D eigenvalue weighted by Crippen LogP contribution is 2.21. The normalized spacial score (nSPS) is 14.9. The van der Waals surface area contributed by atoms with E-state index < -0.39 is 0 Å². The van der Waals surface area contributed by atoms with Gasteiger partial charge in [0.05, 0.1) is 6.54 Å². The number of nitrogens with zero attached hydrogens (tertiary/aromatic N) is 4. The number of fused-ring (bicyclic) bond motifs is 1. The van der Waals surface area contributed by atoms with Crippen molar-refractivity contribution < 1.29 is 4.79 Å². The number of carbonyl (C=O) groups is 1. The van der Waals surface area contributed by atoms with Gasteiger partial charge in [-0.05, 0) is 23.6 Å². The van der Waals surface area contributed by atoms with E-state index in [1.165, 1.54) is 5.56 Å². The summed E-state index contributed by atoms with van der Waals surface area (Å²) < 4.78 is 1.74. The molecule has 98 valence electrons. The van der Waals surface area contributed by atoms with Crippen LogP contribution in [0.4, 0.5) is 5.82 Å². The van der Waals surface area contributed by atoms with Gasteiger partial charge in [0.1, 0.15) is 11.5 Å². The quantitative estimate of drug-likeness (QED) is 0.826. The van der Waals surface area contributed by atoms with Crippen LogP contribution in [0.25, 0.3) is 0 Å². The predicted molar refractivity (Wildman–Crippen MR) is 72.2 cm³/mol. The maximum Gasteiger partial charge on any atom is 0.277 e. The molecule has 0 radical (unpaired) electrons. The molecule has 5 nitrogen and oxygen atoms in total. The zero-order valence-electron chi connectivity index (χ0n) is 11.1. The number of carbonyl (C=O) groups excluding carboxylic acids is 1. The second-order valence-electron chi connectivity index (χ2n) is 5.00. The number of anilines is 1. The van der Waals surface area contributed by atoms with Gasteiger partial charge in [-0.25, -0.2) is 4.98 Å². The van der Waals surface area contributed by atoms with Crippen molar-refractivity contribution in [2.75, 3.05) is 11.4 Å². The van der Waals surface area contributed by atoms with Crippen molar-refractivity contribution in [3.63, 3.8) is 0 Å². The first-order valence-electron chi connectivity index (χ1n) is 6.46. The average molecular weight is 256 g/mol. The van der Waals surface area contributed by atoms with E-state index in [4.69, 9.17) is 0 Å². The van der Waals surface area contributed by atoms with Crippen LogP contribution >= 0.6 is 0 Å². The molecule has 0 fully saturated rings. The molecule has 0 saturated carbocycles. The molecule has 5 heteroatoms. The monoisotopic (exact) mass is 256 g/mol. The molecule has 0 N–H and O–H groups in total. The maximum atomic E-state index is 12.3. The van der Waals surface area contributed by atoms with E-state index in [1.54, 1.807) is 21.8 Å². The number of hydrogen-bond acceptors (Lipinski definition) is 3. The van der Waals surface area contributed by atoms with Crippen LogP contribution in [0.5, 0.6) is 0 Å². The Morgan fingerprint density at radius 2 is 2.05 bits per heavy atom. The van der Waals surface area contributed by atoms with Gasteiger partial charge < -0.3 is 0 Å². The van der Waals surface area contributed by atoms with E-state index in [0.717, 1.165) is 0 Å². The van der Waals surface area contributed by atoms with Gasteiger partial charge in [0.25, 0.3) is 5.91 Å². The van der Waals surface area contributed by atoms with Crippen LogP contribution in [0.15, 0.2) is 30.6 Å². The first-order valence-corrected chi connectivity index (χ1v) is 6.46. The van der Waals surface area contributed by atoms with Crippen molar-refractivity contribution >= 4 is 11.7 Å². The van der Waals surface area contributed by atoms with Gasteiger partial charge in [-0.1, -0.05) is 19.9 Å². The number of pyridine rings is 1. The number of rotatable bonds is 2. The fraction of sp³-hybridized carbons (Fsp3) is 0.357. The molecule has 3 heterocycles. The van der Waals surface area contributed by atoms with Gasteiger partial charge >= 0.3 is 0 Å². The van der Waals surface area contributed by atoms with Gasteiger partial charge in [-0.2, -0.15) is 5.10 Å². The van der Waals surface area contributed by atoms with Crippen LogP contribution in [0.2, 0.25) is 0 Å². The third-order valence-electron chi connectivity index (χ3n) is 3.43. The molecule has 0 unspecified atom stereocenters. The van der Waals surface area contributed by atoms with Gasteiger partial charge in [-0.15, -0.1) is 0 Å². The highest BCUT2D eigenvalue weighted by atomic mass is 16.2. The second kappa shape index (κ2) is 4.50. The Kier molecular flexibility index (Phi) is 2.81. The van der Waals surface area contributed by atoms with E-state index in [1.807, 2.05) is 18.3 Å². The topological polar surface area (TPSA) is 51.0 Å². The smallest absolute Gasteiger partial charge is 0.277 e. The Hall–Kier alpha value is -2.17. The second-order valence-corrected chi connectivity index (χ2v) is 5.00. The van der Waals surface area contributed by atoms with Crippen LogP contribution in [-0.2, 0) is 6.54 Å². The van der Waals surface area contributed by atoms with Crippen molar-refractivity contribution in [3.05, 3.63) is 41.9 Å². The molecular weight excluding hydrogens is 240 g/mol. The fourth-order valence-corrected chi connectivity index (χ4v) is 2.24. The highest BCUT2D eigenvalue weighted by molar-refractivity contribution is 6.05. The molecule has 0 saturated heterocycles. The van der Waals surface area contributed by atoms with Crippen LogP contribution in [0.1, 0.15) is 35.8 Å². The lowest BCUT2D eigenvalue weighted by molar-refractivity contribution is 0.0961. The van der Waals surface area contributed by atoms with Crippen molar-refractivity contribution in [1.82, 2.24) is 14.8 Å². The van der Waals surface area contributed by atoms with Gasteiger partial charge in [-0.3, -0.25) is 14.4 Å². The standard InChI is InChI=1S/C14H16N4O/c1-10(2)11-3-4-13(15-9-11)17-7-8-18-12(14(17)19)5-6-16-18/h3-6,9-10H,7-8H2,1-2H3. The summed E-state index contributed by atoms with van der Waals surface area (Å²) in [5.41, 5.74) is 1.80. The van der Waals surface area contributed by atoms with Crippen molar-refractivity contribution in [3.8, 4) is 0 Å². The third kappa shape index (κ3) is 2.01. The van der Waals surface area contributed by atoms with Crippen LogP contribution in [0.3, 0.4) is 0 Å². The Morgan fingerprint density at radius 1 is 1.21 bits per heavy atom. The Bertz CT molecular complexity index is 600. The van der Waals surface area contributed by atoms with Gasteiger partial charge in [0, 0.05) is 18.9 Å². The fourth-order valence-electron chi connectivity index (χ4n) is 2.24. The zero-order chi connectivity index (χ0) is 13.4. The lowest BCUT2D eigenvalue weighted by atomic mass is 10.1. The number of amides is 1. The summed E-state index contributed by atoms with van der Waals surface area (Å²) >= 11 is 0. The lowest BCUT2D eigenvalue weighted by Crippen LogP contribution is -2.40. The maximum absolute atomic E-state index is 12.3. The summed E-state index contributed by atoms with van der Waals surface area (Å²) in [5.74, 6) is 1.12. The largest absolute Gasteiger partial charge is 0.289 e. The minimum absolute atomic E-state index is 0.0338. The molecule has 1 aliphatic rings. The Labute approximate surface area is 111 Å². The van der Waals surface area contributed by atoms with E-state index in [0.29, 0.717) is 30.5 Å². The van der Waals surface area contributed by atoms with Gasteiger partial charge in [0.2, 0.25) is 0 Å².